The van der Waals surface area contributed by atoms with Crippen LogP contribution in [0.25, 0.3) is 0 Å². The van der Waals surface area contributed by atoms with Crippen LogP contribution >= 0.6 is 41.1 Å². The molecule has 0 spiro atoms. The minimum Gasteiger partial charge on any atom is -0.323 e. The lowest BCUT2D eigenvalue weighted by atomic mass is 10.2. The first-order valence-electron chi connectivity index (χ1n) is 5.90. The van der Waals surface area contributed by atoms with Crippen molar-refractivity contribution in [3.8, 4) is 0 Å². The summed E-state index contributed by atoms with van der Waals surface area (Å²) in [5, 5.41) is 0. The standard InChI is InChI=1S/C10H22NO3PS3/c1-9(12)10(11)8-18-17-7-5-3-2-4-6-14-15(13)16/h10,15H,2-8,11H2,1H3,(H,13,16)/t10-/m0/s1. The molecule has 0 radical (unpaired) electrons. The molecule has 0 fully saturated rings. The van der Waals surface area contributed by atoms with Crippen LogP contribution in [0, 0.1) is 0 Å². The Kier molecular flexibility index (Phi) is 13.5. The first-order valence-corrected chi connectivity index (χ1v) is 11.0. The zero-order valence-electron chi connectivity index (χ0n) is 10.6. The SMILES string of the molecule is CC(=O)[C@@H](N)CSSCCCCCCO[PH](=O)S. The van der Waals surface area contributed by atoms with Gasteiger partial charge in [-0.15, -0.1) is 0 Å². The van der Waals surface area contributed by atoms with Crippen LogP contribution < -0.4 is 5.73 Å². The largest absolute Gasteiger partial charge is 0.323 e. The van der Waals surface area contributed by atoms with Gasteiger partial charge in [0.25, 0.3) is 0 Å². The van der Waals surface area contributed by atoms with Gasteiger partial charge in [-0.1, -0.05) is 46.7 Å². The van der Waals surface area contributed by atoms with Gasteiger partial charge in [-0.05, 0) is 19.8 Å². The van der Waals surface area contributed by atoms with Gasteiger partial charge in [0, 0.05) is 11.5 Å². The Morgan fingerprint density at radius 3 is 2.61 bits per heavy atom. The molecule has 0 heterocycles. The third-order valence-corrected chi connectivity index (χ3v) is 5.56. The number of carbonyl (C=O) groups excluding carboxylic acids is 1. The summed E-state index contributed by atoms with van der Waals surface area (Å²) in [6.07, 6.45) is 4.30. The summed E-state index contributed by atoms with van der Waals surface area (Å²) in [7, 11) is 1.37. The fourth-order valence-corrected chi connectivity index (χ4v) is 4.02. The van der Waals surface area contributed by atoms with E-state index in [1.165, 1.54) is 6.92 Å². The van der Waals surface area contributed by atoms with E-state index in [1.54, 1.807) is 21.6 Å². The molecule has 108 valence electrons. The van der Waals surface area contributed by atoms with E-state index in [2.05, 4.69) is 12.2 Å². The Balaban J connectivity index is 3.12. The minimum absolute atomic E-state index is 0.0478. The Morgan fingerprint density at radius 2 is 2.00 bits per heavy atom. The van der Waals surface area contributed by atoms with Crippen LogP contribution in [0.1, 0.15) is 32.6 Å². The summed E-state index contributed by atoms with van der Waals surface area (Å²) >= 11 is 3.69. The second-order valence-electron chi connectivity index (χ2n) is 3.85. The molecular weight excluding hydrogens is 309 g/mol. The molecule has 0 aliphatic rings. The average Bonchev–Trinajstić information content (AvgIpc) is 2.30. The highest BCUT2D eigenvalue weighted by atomic mass is 33.1. The maximum Gasteiger partial charge on any atom is 0.243 e. The summed E-state index contributed by atoms with van der Waals surface area (Å²) in [5.41, 5.74) is 5.61. The van der Waals surface area contributed by atoms with Gasteiger partial charge < -0.3 is 10.3 Å². The number of nitrogens with two attached hydrogens (primary N) is 1. The molecule has 4 nitrogen and oxygen atoms in total. The molecule has 0 rings (SSSR count). The number of hydrogen-bond donors (Lipinski definition) is 2. The second-order valence-corrected chi connectivity index (χ2v) is 8.40. The monoisotopic (exact) mass is 331 g/mol. The highest BCUT2D eigenvalue weighted by molar-refractivity contribution is 8.76. The Bertz CT molecular complexity index is 257. The van der Waals surface area contributed by atoms with Gasteiger partial charge in [-0.3, -0.25) is 9.36 Å². The number of rotatable bonds is 12. The van der Waals surface area contributed by atoms with Crippen LogP contribution in [0.15, 0.2) is 0 Å². The van der Waals surface area contributed by atoms with Crippen molar-refractivity contribution in [1.82, 2.24) is 0 Å². The lowest BCUT2D eigenvalue weighted by Crippen LogP contribution is -2.30. The fourth-order valence-electron chi connectivity index (χ4n) is 1.07. The van der Waals surface area contributed by atoms with Gasteiger partial charge in [-0.25, -0.2) is 0 Å². The van der Waals surface area contributed by atoms with E-state index >= 15 is 0 Å². The number of Topliss-reactive ketones (excluding diaryl/α,β-unsaturated/α-hetero) is 1. The Labute approximate surface area is 123 Å². The van der Waals surface area contributed by atoms with Crippen molar-refractivity contribution in [2.24, 2.45) is 5.73 Å². The van der Waals surface area contributed by atoms with E-state index in [4.69, 9.17) is 10.3 Å². The summed E-state index contributed by atoms with van der Waals surface area (Å²) in [6.45, 7) is 2.06. The van der Waals surface area contributed by atoms with Crippen LogP contribution in [-0.4, -0.2) is 29.9 Å². The van der Waals surface area contributed by atoms with E-state index in [0.29, 0.717) is 12.4 Å². The lowest BCUT2D eigenvalue weighted by Gasteiger charge is -2.06. The number of unbranched alkanes of at least 4 members (excludes halogenated alkanes) is 3. The highest BCUT2D eigenvalue weighted by Gasteiger charge is 2.07. The predicted molar refractivity (Wildman–Crippen MR) is 86.0 cm³/mol. The number of thiol groups is 1. The van der Waals surface area contributed by atoms with Crippen LogP contribution in [0.3, 0.4) is 0 Å². The van der Waals surface area contributed by atoms with E-state index in [9.17, 15) is 9.36 Å². The van der Waals surface area contributed by atoms with Crippen LogP contribution in [0.5, 0.6) is 0 Å². The summed E-state index contributed by atoms with van der Waals surface area (Å²) < 4.78 is 15.4. The predicted octanol–water partition coefficient (Wildman–Crippen LogP) is 3.18. The van der Waals surface area contributed by atoms with E-state index in [1.807, 2.05) is 0 Å². The molecule has 1 unspecified atom stereocenters. The van der Waals surface area contributed by atoms with Crippen molar-refractivity contribution in [2.45, 2.75) is 38.6 Å². The average molecular weight is 331 g/mol. The van der Waals surface area contributed by atoms with E-state index < -0.39 is 7.23 Å². The van der Waals surface area contributed by atoms with Gasteiger partial charge in [0.05, 0.1) is 12.6 Å². The third-order valence-electron chi connectivity index (χ3n) is 2.20. The molecule has 0 amide bonds. The maximum absolute atomic E-state index is 10.9. The highest BCUT2D eigenvalue weighted by Crippen LogP contribution is 2.27. The molecule has 18 heavy (non-hydrogen) atoms. The molecule has 0 saturated carbocycles. The van der Waals surface area contributed by atoms with Crippen molar-refractivity contribution < 1.29 is 13.9 Å². The number of ketones is 1. The van der Waals surface area contributed by atoms with E-state index in [0.717, 1.165) is 31.4 Å². The van der Waals surface area contributed by atoms with Crippen molar-refractivity contribution >= 4 is 46.8 Å². The molecule has 2 atom stereocenters. The summed E-state index contributed by atoms with van der Waals surface area (Å²) in [5.74, 6) is 1.80. The first-order chi connectivity index (χ1) is 8.54. The zero-order valence-corrected chi connectivity index (χ0v) is 14.1. The molecule has 0 bridgehead atoms. The van der Waals surface area contributed by atoms with Gasteiger partial charge >= 0.3 is 0 Å². The molecule has 8 heteroatoms. The van der Waals surface area contributed by atoms with Crippen molar-refractivity contribution in [2.75, 3.05) is 18.1 Å². The molecule has 0 aliphatic heterocycles. The molecule has 0 saturated heterocycles. The molecule has 0 aliphatic carbocycles. The normalized spacial score (nSPS) is 14.4. The molecular formula is C10H22NO3PS3. The topological polar surface area (TPSA) is 69.4 Å². The molecule has 0 aromatic heterocycles. The molecule has 2 N–H and O–H groups in total. The zero-order chi connectivity index (χ0) is 13.8. The Morgan fingerprint density at radius 1 is 1.33 bits per heavy atom. The summed E-state index contributed by atoms with van der Waals surface area (Å²) in [4.78, 5) is 10.9. The van der Waals surface area contributed by atoms with E-state index in [-0.39, 0.29) is 11.8 Å². The molecule has 0 aromatic carbocycles. The van der Waals surface area contributed by atoms with Gasteiger partial charge in [0.1, 0.15) is 5.78 Å². The maximum atomic E-state index is 10.9. The van der Waals surface area contributed by atoms with Gasteiger partial charge in [0.2, 0.25) is 7.23 Å². The first kappa shape index (κ1) is 18.9. The molecule has 0 aromatic rings. The van der Waals surface area contributed by atoms with Gasteiger partial charge in [0.15, 0.2) is 0 Å². The third kappa shape index (κ3) is 13.3. The fraction of sp³-hybridized carbons (Fsp3) is 0.900. The van der Waals surface area contributed by atoms with Crippen molar-refractivity contribution in [3.63, 3.8) is 0 Å². The van der Waals surface area contributed by atoms with Crippen molar-refractivity contribution in [3.05, 3.63) is 0 Å². The number of hydrogen-bond acceptors (Lipinski definition) is 6. The quantitative estimate of drug-likeness (QED) is 0.248. The summed E-state index contributed by atoms with van der Waals surface area (Å²) in [6, 6.07) is -0.330. The smallest absolute Gasteiger partial charge is 0.243 e. The van der Waals surface area contributed by atoms with Gasteiger partial charge in [-0.2, -0.15) is 0 Å². The Hall–Kier alpha value is 0.870. The second kappa shape index (κ2) is 12.9. The number of carbonyl (C=O) groups is 1. The lowest BCUT2D eigenvalue weighted by molar-refractivity contribution is -0.117. The van der Waals surface area contributed by atoms with Crippen LogP contribution in [-0.2, 0) is 13.9 Å². The van der Waals surface area contributed by atoms with Crippen LogP contribution in [0.2, 0.25) is 0 Å². The van der Waals surface area contributed by atoms with Crippen LogP contribution in [0.4, 0.5) is 0 Å². The minimum atomic E-state index is -2.06. The van der Waals surface area contributed by atoms with Crippen molar-refractivity contribution in [1.29, 1.82) is 0 Å².